The van der Waals surface area contributed by atoms with Crippen LogP contribution in [0.2, 0.25) is 0 Å². The zero-order chi connectivity index (χ0) is 19.7. The summed E-state index contributed by atoms with van der Waals surface area (Å²) >= 11 is 0. The van der Waals surface area contributed by atoms with E-state index in [0.29, 0.717) is 26.1 Å². The van der Waals surface area contributed by atoms with Gasteiger partial charge in [-0.3, -0.25) is 0 Å². The van der Waals surface area contributed by atoms with Gasteiger partial charge in [-0.25, -0.2) is 13.2 Å². The number of para-hydroxylation sites is 1. The number of carbonyl (C=O) groups is 1. The Labute approximate surface area is 160 Å². The number of ether oxygens (including phenoxy) is 2. The van der Waals surface area contributed by atoms with E-state index >= 15 is 0 Å². The monoisotopic (exact) mass is 391 g/mol. The Morgan fingerprint density at radius 3 is 2.33 bits per heavy atom. The Balaban J connectivity index is 1.89. The van der Waals surface area contributed by atoms with Gasteiger partial charge in [0.2, 0.25) is 10.0 Å². The largest absolute Gasteiger partial charge is 0.493 e. The number of nitrogens with zero attached hydrogens (tertiary/aromatic N) is 1. The lowest BCUT2D eigenvalue weighted by molar-refractivity contribution is 0.0485. The van der Waals surface area contributed by atoms with Gasteiger partial charge < -0.3 is 9.47 Å². The second-order valence-electron chi connectivity index (χ2n) is 5.77. The number of carbonyl (C=O) groups excluding carboxylic acids is 1. The molecule has 0 aromatic heterocycles. The molecule has 0 radical (unpaired) electrons. The maximum Gasteiger partial charge on any atom is 0.338 e. The first kappa shape index (κ1) is 20.9. The van der Waals surface area contributed by atoms with Crippen LogP contribution in [0, 0.1) is 0 Å². The highest BCUT2D eigenvalue weighted by atomic mass is 32.2. The van der Waals surface area contributed by atoms with Gasteiger partial charge in [0, 0.05) is 19.5 Å². The number of esters is 1. The van der Waals surface area contributed by atoms with Crippen molar-refractivity contribution >= 4 is 16.0 Å². The van der Waals surface area contributed by atoms with Gasteiger partial charge >= 0.3 is 5.97 Å². The molecule has 0 fully saturated rings. The highest BCUT2D eigenvalue weighted by Crippen LogP contribution is 2.17. The van der Waals surface area contributed by atoms with Crippen molar-refractivity contribution in [2.45, 2.75) is 25.2 Å². The normalized spacial score (nSPS) is 11.4. The average Bonchev–Trinajstić information content (AvgIpc) is 2.69. The number of benzene rings is 2. The molecule has 146 valence electrons. The molecule has 0 N–H and O–H groups in total. The minimum absolute atomic E-state index is 0.0908. The van der Waals surface area contributed by atoms with Crippen molar-refractivity contribution in [2.75, 3.05) is 26.3 Å². The highest BCUT2D eigenvalue weighted by molar-refractivity contribution is 7.89. The summed E-state index contributed by atoms with van der Waals surface area (Å²) in [6.45, 7) is 4.91. The van der Waals surface area contributed by atoms with Crippen molar-refractivity contribution < 1.29 is 22.7 Å². The minimum Gasteiger partial charge on any atom is -0.493 e. The van der Waals surface area contributed by atoms with E-state index < -0.39 is 16.0 Å². The molecule has 2 aromatic carbocycles. The number of sulfonamides is 1. The summed E-state index contributed by atoms with van der Waals surface area (Å²) in [7, 11) is -3.61. The number of hydrogen-bond donors (Lipinski definition) is 0. The summed E-state index contributed by atoms with van der Waals surface area (Å²) in [5, 5.41) is 0. The van der Waals surface area contributed by atoms with Crippen LogP contribution in [0.4, 0.5) is 0 Å². The second kappa shape index (κ2) is 10.1. The highest BCUT2D eigenvalue weighted by Gasteiger charge is 2.22. The van der Waals surface area contributed by atoms with E-state index in [9.17, 15) is 13.2 Å². The van der Waals surface area contributed by atoms with Crippen LogP contribution in [0.1, 0.15) is 30.6 Å². The van der Waals surface area contributed by atoms with Crippen molar-refractivity contribution in [3.05, 3.63) is 60.2 Å². The van der Waals surface area contributed by atoms with E-state index in [1.54, 1.807) is 26.0 Å². The third kappa shape index (κ3) is 5.80. The van der Waals surface area contributed by atoms with Crippen LogP contribution in [-0.2, 0) is 14.8 Å². The van der Waals surface area contributed by atoms with E-state index in [4.69, 9.17) is 9.47 Å². The quantitative estimate of drug-likeness (QED) is 0.459. The summed E-state index contributed by atoms with van der Waals surface area (Å²) in [6, 6.07) is 15.3. The summed E-state index contributed by atoms with van der Waals surface area (Å²) < 4.78 is 37.2. The van der Waals surface area contributed by atoms with Gasteiger partial charge in [-0.15, -0.1) is 0 Å². The van der Waals surface area contributed by atoms with Gasteiger partial charge in [-0.2, -0.15) is 4.31 Å². The number of hydrogen-bond acceptors (Lipinski definition) is 5. The van der Waals surface area contributed by atoms with E-state index in [2.05, 4.69) is 0 Å². The number of rotatable bonds is 10. The first-order chi connectivity index (χ1) is 13.0. The maximum absolute atomic E-state index is 12.6. The molecular formula is C20H25NO5S. The molecule has 2 aromatic rings. The minimum atomic E-state index is -3.61. The molecule has 6 nitrogen and oxygen atoms in total. The topological polar surface area (TPSA) is 72.9 Å². The lowest BCUT2D eigenvalue weighted by atomic mass is 10.2. The van der Waals surface area contributed by atoms with Crippen molar-refractivity contribution in [2.24, 2.45) is 0 Å². The Kier molecular flexibility index (Phi) is 7.82. The first-order valence-corrected chi connectivity index (χ1v) is 10.4. The van der Waals surface area contributed by atoms with Crippen molar-refractivity contribution in [1.29, 1.82) is 0 Å². The van der Waals surface area contributed by atoms with E-state index in [-0.39, 0.29) is 17.1 Å². The van der Waals surface area contributed by atoms with E-state index in [1.165, 1.54) is 16.4 Å². The molecule has 0 aliphatic carbocycles. The molecule has 0 saturated heterocycles. The predicted octanol–water partition coefficient (Wildman–Crippen LogP) is 3.34. The Morgan fingerprint density at radius 1 is 0.963 bits per heavy atom. The summed E-state index contributed by atoms with van der Waals surface area (Å²) in [4.78, 5) is 12.3. The molecule has 0 atom stereocenters. The Morgan fingerprint density at radius 2 is 1.67 bits per heavy atom. The fraction of sp³-hybridized carbons (Fsp3) is 0.350. The molecule has 0 aliphatic heterocycles. The predicted molar refractivity (Wildman–Crippen MR) is 103 cm³/mol. The molecule has 0 aliphatic rings. The summed E-state index contributed by atoms with van der Waals surface area (Å²) in [5.41, 5.74) is 0.215. The molecule has 27 heavy (non-hydrogen) atoms. The third-order valence-corrected chi connectivity index (χ3v) is 5.99. The molecule has 7 heteroatoms. The van der Waals surface area contributed by atoms with Gasteiger partial charge in [-0.1, -0.05) is 38.1 Å². The lowest BCUT2D eigenvalue weighted by Crippen LogP contribution is -2.30. The van der Waals surface area contributed by atoms with Crippen LogP contribution in [0.25, 0.3) is 0 Å². The van der Waals surface area contributed by atoms with E-state index in [0.717, 1.165) is 5.75 Å². The molecule has 2 rings (SSSR count). The van der Waals surface area contributed by atoms with Crippen LogP contribution in [0.3, 0.4) is 0 Å². The fourth-order valence-corrected chi connectivity index (χ4v) is 4.01. The Hall–Kier alpha value is -2.38. The Bertz CT molecular complexity index is 832. The fourth-order valence-electron chi connectivity index (χ4n) is 2.51. The molecule has 0 unspecified atom stereocenters. The third-order valence-electron chi connectivity index (χ3n) is 3.95. The van der Waals surface area contributed by atoms with Gasteiger partial charge in [-0.05, 0) is 30.3 Å². The maximum atomic E-state index is 12.6. The van der Waals surface area contributed by atoms with Crippen LogP contribution in [-0.4, -0.2) is 45.0 Å². The van der Waals surface area contributed by atoms with Crippen LogP contribution < -0.4 is 4.74 Å². The smallest absolute Gasteiger partial charge is 0.338 e. The molecular weight excluding hydrogens is 366 g/mol. The van der Waals surface area contributed by atoms with Gasteiger partial charge in [0.15, 0.2) is 0 Å². The SMILES string of the molecule is CCN(CC)S(=O)(=O)c1cccc(C(=O)OCCCOc2ccccc2)c1. The molecule has 0 bridgehead atoms. The van der Waals surface area contributed by atoms with Gasteiger partial charge in [0.25, 0.3) is 0 Å². The summed E-state index contributed by atoms with van der Waals surface area (Å²) in [6.07, 6.45) is 0.540. The van der Waals surface area contributed by atoms with Crippen LogP contribution >= 0.6 is 0 Å². The van der Waals surface area contributed by atoms with Gasteiger partial charge in [0.05, 0.1) is 23.7 Å². The first-order valence-electron chi connectivity index (χ1n) is 8.94. The molecule has 0 spiro atoms. The van der Waals surface area contributed by atoms with Crippen molar-refractivity contribution in [3.8, 4) is 5.75 Å². The van der Waals surface area contributed by atoms with Crippen LogP contribution in [0.5, 0.6) is 5.75 Å². The van der Waals surface area contributed by atoms with Crippen LogP contribution in [0.15, 0.2) is 59.5 Å². The van der Waals surface area contributed by atoms with E-state index in [1.807, 2.05) is 30.3 Å². The molecule has 0 heterocycles. The van der Waals surface area contributed by atoms with Gasteiger partial charge in [0.1, 0.15) is 5.75 Å². The van der Waals surface area contributed by atoms with Crippen molar-refractivity contribution in [1.82, 2.24) is 4.31 Å². The lowest BCUT2D eigenvalue weighted by Gasteiger charge is -2.18. The average molecular weight is 391 g/mol. The molecule has 0 amide bonds. The standard InChI is InChI=1S/C20H25NO5S/c1-3-21(4-2)27(23,24)19-13-8-10-17(16-19)20(22)26-15-9-14-25-18-11-6-5-7-12-18/h5-8,10-13,16H,3-4,9,14-15H2,1-2H3. The second-order valence-corrected chi connectivity index (χ2v) is 7.71. The molecule has 0 saturated carbocycles. The zero-order valence-electron chi connectivity index (χ0n) is 15.6. The zero-order valence-corrected chi connectivity index (χ0v) is 16.4. The summed E-state index contributed by atoms with van der Waals surface area (Å²) in [5.74, 6) is 0.212. The van der Waals surface area contributed by atoms with Crippen molar-refractivity contribution in [3.63, 3.8) is 0 Å².